The number of nitrogens with zero attached hydrogens (tertiary/aromatic N) is 5. The summed E-state index contributed by atoms with van der Waals surface area (Å²) in [4.78, 5) is 41.2. The van der Waals surface area contributed by atoms with Crippen LogP contribution in [0.2, 0.25) is 0 Å². The third-order valence-corrected chi connectivity index (χ3v) is 8.54. The zero-order valence-electron chi connectivity index (χ0n) is 22.4. The minimum atomic E-state index is -4.75. The lowest BCUT2D eigenvalue weighted by molar-refractivity contribution is -0.152. The van der Waals surface area contributed by atoms with Gasteiger partial charge in [0.1, 0.15) is 17.3 Å². The molecular weight excluding hydrogens is 583 g/mol. The van der Waals surface area contributed by atoms with Crippen molar-refractivity contribution in [3.63, 3.8) is 0 Å². The molecule has 0 aliphatic carbocycles. The Hall–Kier alpha value is -3.72. The molecule has 2 N–H and O–H groups in total. The Labute approximate surface area is 241 Å². The van der Waals surface area contributed by atoms with Crippen LogP contribution < -0.4 is 10.2 Å². The smallest absolute Gasteiger partial charge is 0.416 e. The largest absolute Gasteiger partial charge is 0.479 e. The Kier molecular flexibility index (Phi) is 8.16. The number of carbonyl (C=O) groups is 2. The fraction of sp³-hybridized carbons (Fsp3) is 0.444. The number of nitrogens with one attached hydrogen (secondary N) is 1. The predicted molar refractivity (Wildman–Crippen MR) is 145 cm³/mol. The summed E-state index contributed by atoms with van der Waals surface area (Å²) >= 11 is 1.09. The molecule has 1 amide bonds. The number of piperidine rings is 1. The Balaban J connectivity index is 1.36. The minimum absolute atomic E-state index is 0.0493. The number of alkyl halides is 4. The second-order valence-electron chi connectivity index (χ2n) is 10.5. The molecule has 2 aliphatic rings. The van der Waals surface area contributed by atoms with E-state index in [2.05, 4.69) is 25.2 Å². The number of carbonyl (C=O) groups excluding carboxylic acids is 1. The lowest BCUT2D eigenvalue weighted by atomic mass is 9.93. The standard InChI is InChI=1S/C27H27F5N6O3S/c1-15-3-2-6-38(15)14-20-22(16-9-17(27(30,31)32)11-18(28)10-16)35-25(42-20)36-23(39)19-12-34-21(13-33-19)37-7-4-26(29,5-8-37)24(40)41/h9-13,15H,2-8,14H2,1H3,(H,40,41)(H,35,36,39)/t15-/m1/s1. The molecule has 15 heteroatoms. The second-order valence-corrected chi connectivity index (χ2v) is 11.5. The Morgan fingerprint density at radius 2 is 1.88 bits per heavy atom. The number of likely N-dealkylation sites (tertiary alicyclic amines) is 1. The number of benzene rings is 1. The number of rotatable bonds is 7. The lowest BCUT2D eigenvalue weighted by Gasteiger charge is -2.34. The first kappa shape index (κ1) is 29.8. The van der Waals surface area contributed by atoms with Crippen molar-refractivity contribution in [2.24, 2.45) is 0 Å². The molecule has 1 aromatic carbocycles. The summed E-state index contributed by atoms with van der Waals surface area (Å²) < 4.78 is 68.8. The molecule has 5 rings (SSSR count). The van der Waals surface area contributed by atoms with Gasteiger partial charge in [0.25, 0.3) is 5.91 Å². The van der Waals surface area contributed by atoms with Crippen molar-refractivity contribution >= 4 is 34.2 Å². The van der Waals surface area contributed by atoms with Gasteiger partial charge in [0.05, 0.1) is 23.7 Å². The van der Waals surface area contributed by atoms with Crippen LogP contribution in [-0.2, 0) is 17.5 Å². The van der Waals surface area contributed by atoms with Crippen LogP contribution in [-0.4, -0.2) is 68.2 Å². The molecule has 1 atom stereocenters. The third-order valence-electron chi connectivity index (χ3n) is 7.59. The number of hydrogen-bond acceptors (Lipinski definition) is 8. The summed E-state index contributed by atoms with van der Waals surface area (Å²) in [7, 11) is 0. The zero-order valence-corrected chi connectivity index (χ0v) is 23.2. The minimum Gasteiger partial charge on any atom is -0.479 e. The summed E-state index contributed by atoms with van der Waals surface area (Å²) in [6.07, 6.45) is -0.714. The van der Waals surface area contributed by atoms with Crippen molar-refractivity contribution < 1.29 is 36.6 Å². The van der Waals surface area contributed by atoms with E-state index in [0.29, 0.717) is 23.3 Å². The molecular formula is C27H27F5N6O3S. The van der Waals surface area contributed by atoms with Crippen molar-refractivity contribution in [3.8, 4) is 11.3 Å². The van der Waals surface area contributed by atoms with Crippen molar-refractivity contribution in [2.45, 2.75) is 57.0 Å². The molecule has 0 spiro atoms. The van der Waals surface area contributed by atoms with Crippen molar-refractivity contribution in [2.75, 3.05) is 29.9 Å². The summed E-state index contributed by atoms with van der Waals surface area (Å²) in [5, 5.41) is 11.8. The average molecular weight is 611 g/mol. The number of anilines is 2. The monoisotopic (exact) mass is 610 g/mol. The Morgan fingerprint density at radius 3 is 2.48 bits per heavy atom. The number of carboxylic acids is 1. The van der Waals surface area contributed by atoms with Gasteiger partial charge in [-0.15, -0.1) is 0 Å². The van der Waals surface area contributed by atoms with Gasteiger partial charge in [-0.3, -0.25) is 15.0 Å². The number of aromatic nitrogens is 3. The third kappa shape index (κ3) is 6.36. The molecule has 4 heterocycles. The number of thiazole rings is 1. The van der Waals surface area contributed by atoms with Crippen LogP contribution in [0.3, 0.4) is 0 Å². The molecule has 0 bridgehead atoms. The SMILES string of the molecule is C[C@@H]1CCCN1Cc1sc(NC(=O)c2cnc(N3CCC(F)(C(=O)O)CC3)cn2)nc1-c1cc(F)cc(C(F)(F)F)c1. The lowest BCUT2D eigenvalue weighted by Crippen LogP contribution is -2.46. The first-order valence-corrected chi connectivity index (χ1v) is 14.1. The maximum atomic E-state index is 14.3. The topological polar surface area (TPSA) is 112 Å². The molecule has 2 aromatic heterocycles. The Morgan fingerprint density at radius 1 is 1.14 bits per heavy atom. The van der Waals surface area contributed by atoms with Gasteiger partial charge in [-0.1, -0.05) is 11.3 Å². The highest BCUT2D eigenvalue weighted by atomic mass is 32.1. The van der Waals surface area contributed by atoms with Gasteiger partial charge >= 0.3 is 12.1 Å². The zero-order chi connectivity index (χ0) is 30.2. The van der Waals surface area contributed by atoms with Gasteiger partial charge in [-0.2, -0.15) is 13.2 Å². The number of hydrogen-bond donors (Lipinski definition) is 2. The summed E-state index contributed by atoms with van der Waals surface area (Å²) in [5.41, 5.74) is -3.40. The van der Waals surface area contributed by atoms with Crippen molar-refractivity contribution in [1.29, 1.82) is 0 Å². The fourth-order valence-electron chi connectivity index (χ4n) is 5.11. The number of halogens is 5. The fourth-order valence-corrected chi connectivity index (χ4v) is 6.11. The van der Waals surface area contributed by atoms with Crippen LogP contribution in [0, 0.1) is 5.82 Å². The van der Waals surface area contributed by atoms with Gasteiger partial charge in [0.2, 0.25) is 5.67 Å². The van der Waals surface area contributed by atoms with Crippen LogP contribution in [0.15, 0.2) is 30.6 Å². The van der Waals surface area contributed by atoms with Crippen LogP contribution in [0.5, 0.6) is 0 Å². The maximum absolute atomic E-state index is 14.3. The molecule has 0 saturated carbocycles. The quantitative estimate of drug-likeness (QED) is 0.343. The van der Waals surface area contributed by atoms with Gasteiger partial charge in [0, 0.05) is 49.0 Å². The van der Waals surface area contributed by atoms with Crippen LogP contribution in [0.25, 0.3) is 11.3 Å². The first-order chi connectivity index (χ1) is 19.8. The summed E-state index contributed by atoms with van der Waals surface area (Å²) in [5.74, 6) is -2.87. The molecule has 3 aromatic rings. The van der Waals surface area contributed by atoms with Crippen LogP contribution >= 0.6 is 11.3 Å². The van der Waals surface area contributed by atoms with Gasteiger partial charge in [-0.25, -0.2) is 28.5 Å². The molecule has 2 saturated heterocycles. The molecule has 9 nitrogen and oxygen atoms in total. The molecule has 224 valence electrons. The number of carboxylic acid groups (broad SMARTS) is 1. The van der Waals surface area contributed by atoms with E-state index in [0.717, 1.165) is 42.9 Å². The normalized spacial score (nSPS) is 19.2. The highest BCUT2D eigenvalue weighted by molar-refractivity contribution is 7.16. The maximum Gasteiger partial charge on any atom is 0.416 e. The first-order valence-electron chi connectivity index (χ1n) is 13.2. The van der Waals surface area contributed by atoms with E-state index in [1.54, 1.807) is 4.90 Å². The average Bonchev–Trinajstić information content (AvgIpc) is 3.53. The van der Waals surface area contributed by atoms with Crippen LogP contribution in [0.4, 0.5) is 32.9 Å². The molecule has 2 fully saturated rings. The van der Waals surface area contributed by atoms with Crippen LogP contribution in [0.1, 0.15) is 53.5 Å². The van der Waals surface area contributed by atoms with Gasteiger partial charge < -0.3 is 10.0 Å². The van der Waals surface area contributed by atoms with E-state index in [-0.39, 0.29) is 54.1 Å². The predicted octanol–water partition coefficient (Wildman–Crippen LogP) is 5.39. The second kappa shape index (κ2) is 11.5. The van der Waals surface area contributed by atoms with E-state index in [9.17, 15) is 31.5 Å². The van der Waals surface area contributed by atoms with E-state index in [1.165, 1.54) is 12.4 Å². The van der Waals surface area contributed by atoms with E-state index in [4.69, 9.17) is 5.11 Å². The van der Waals surface area contributed by atoms with Gasteiger partial charge in [0.15, 0.2) is 5.13 Å². The van der Waals surface area contributed by atoms with E-state index >= 15 is 0 Å². The van der Waals surface area contributed by atoms with Crippen molar-refractivity contribution in [3.05, 3.63) is 52.5 Å². The molecule has 42 heavy (non-hydrogen) atoms. The number of amides is 1. The molecule has 0 unspecified atom stereocenters. The molecule has 0 radical (unpaired) electrons. The van der Waals surface area contributed by atoms with Crippen molar-refractivity contribution in [1.82, 2.24) is 19.9 Å². The summed E-state index contributed by atoms with van der Waals surface area (Å²) in [6.45, 7) is 3.43. The van der Waals surface area contributed by atoms with E-state index in [1.807, 2.05) is 6.92 Å². The van der Waals surface area contributed by atoms with E-state index < -0.39 is 35.1 Å². The summed E-state index contributed by atoms with van der Waals surface area (Å²) in [6, 6.07) is 2.50. The number of aliphatic carboxylic acids is 1. The highest BCUT2D eigenvalue weighted by Crippen LogP contribution is 2.38. The Bertz CT molecular complexity index is 1470. The highest BCUT2D eigenvalue weighted by Gasteiger charge is 2.42. The van der Waals surface area contributed by atoms with Gasteiger partial charge in [-0.05, 0) is 44.5 Å². The molecule has 2 aliphatic heterocycles.